The number of nitrogens with one attached hydrogen (secondary N) is 3. The van der Waals surface area contributed by atoms with Crippen LogP contribution in [0.5, 0.6) is 0 Å². The number of carboxylic acid groups (broad SMARTS) is 1. The summed E-state index contributed by atoms with van der Waals surface area (Å²) in [5.74, 6) is -11.2. The number of hydrogen-bond donors (Lipinski definition) is 4. The summed E-state index contributed by atoms with van der Waals surface area (Å²) in [5, 5.41) is 17.5. The van der Waals surface area contributed by atoms with Gasteiger partial charge in [-0.05, 0) is 210 Å². The Morgan fingerprint density at radius 3 is 1.09 bits per heavy atom. The Morgan fingerprint density at radius 1 is 0.467 bits per heavy atom. The maximum absolute atomic E-state index is 15.2. The van der Waals surface area contributed by atoms with Gasteiger partial charge in [0.2, 0.25) is 5.28 Å². The fraction of sp³-hybridized carbons (Fsp3) is 0.432. The van der Waals surface area contributed by atoms with Gasteiger partial charge in [-0.15, -0.1) is 0 Å². The van der Waals surface area contributed by atoms with Crippen molar-refractivity contribution < 1.29 is 137 Å². The van der Waals surface area contributed by atoms with Crippen molar-refractivity contribution in [3.05, 3.63) is 232 Å². The molecule has 4 fully saturated rings. The first-order valence-electron chi connectivity index (χ1n) is 43.2. The van der Waals surface area contributed by atoms with Crippen LogP contribution in [-0.4, -0.2) is 210 Å². The minimum atomic E-state index is -1.43. The molecule has 0 bridgehead atoms. The van der Waals surface area contributed by atoms with Crippen LogP contribution >= 0.6 is 11.6 Å². The van der Waals surface area contributed by atoms with Gasteiger partial charge >= 0.3 is 43.9 Å². The van der Waals surface area contributed by atoms with Crippen LogP contribution in [0.3, 0.4) is 0 Å². The van der Waals surface area contributed by atoms with E-state index in [1.807, 2.05) is 124 Å². The molecule has 716 valence electrons. The monoisotopic (exact) mass is 1890 g/mol. The number of morpholine rings is 3. The van der Waals surface area contributed by atoms with E-state index in [0.29, 0.717) is 132 Å². The number of ether oxygens (including phenoxy) is 8. The number of hydrogen-bond acceptors (Lipinski definition) is 26. The number of esters is 2. The molecule has 0 spiro atoms. The molecule has 7 aliphatic heterocycles. The Morgan fingerprint density at radius 2 is 0.770 bits per heavy atom. The molecule has 0 unspecified atom stereocenters. The number of fused-ring (bicyclic) bond motifs is 3. The van der Waals surface area contributed by atoms with Crippen LogP contribution < -0.4 is 55.0 Å². The number of carboxylic acids is 1. The number of aliphatic carboxylic acids is 1. The Bertz CT molecular complexity index is 5810. The van der Waals surface area contributed by atoms with Gasteiger partial charge in [-0.3, -0.25) is 14.4 Å². The second-order valence-electron chi connectivity index (χ2n) is 34.4. The summed E-state index contributed by atoms with van der Waals surface area (Å²) in [7, 11) is 1.79. The minimum Gasteiger partial charge on any atom is -0.870 e. The third-order valence-corrected chi connectivity index (χ3v) is 25.2. The molecule has 3 amide bonds. The molecule has 3 aromatic heterocycles. The molecule has 0 aliphatic carbocycles. The molecule has 0 saturated carbocycles. The second-order valence-corrected chi connectivity index (χ2v) is 34.7. The summed E-state index contributed by atoms with van der Waals surface area (Å²) in [6.45, 7) is 30.9. The fourth-order valence-electron chi connectivity index (χ4n) is 16.4. The number of carbonyl (C=O) groups excluding carboxylic acids is 5. The van der Waals surface area contributed by atoms with Crippen LogP contribution in [-0.2, 0) is 120 Å². The number of halogens is 7. The van der Waals surface area contributed by atoms with Crippen molar-refractivity contribution in [2.24, 2.45) is 0 Å². The molecular formula is C95H109BClF6LiN12O19. The summed E-state index contributed by atoms with van der Waals surface area (Å²) < 4.78 is 146. The number of amides is 3. The van der Waals surface area contributed by atoms with Crippen molar-refractivity contribution in [1.29, 1.82) is 0 Å². The van der Waals surface area contributed by atoms with E-state index in [9.17, 15) is 33.9 Å². The number of carbonyl (C=O) groups is 6. The van der Waals surface area contributed by atoms with Gasteiger partial charge in [0, 0.05) is 121 Å². The molecule has 9 aromatic rings. The molecule has 6 atom stereocenters. The first-order chi connectivity index (χ1) is 62.8. The number of rotatable bonds is 21. The maximum Gasteiger partial charge on any atom is 1.00 e. The average Bonchev–Trinajstić information content (AvgIpc) is 1.60. The van der Waals surface area contributed by atoms with Gasteiger partial charge in [0.25, 0.3) is 17.7 Å². The summed E-state index contributed by atoms with van der Waals surface area (Å²) in [6, 6.07) is 13.5. The number of anilines is 3. The van der Waals surface area contributed by atoms with Crippen molar-refractivity contribution >= 4 is 76.9 Å². The van der Waals surface area contributed by atoms with Gasteiger partial charge in [-0.1, -0.05) is 36.4 Å². The molecule has 7 aliphatic rings. The predicted octanol–water partition coefficient (Wildman–Crippen LogP) is 8.31. The average molecular weight is 1890 g/mol. The predicted molar refractivity (Wildman–Crippen MR) is 482 cm³/mol. The van der Waals surface area contributed by atoms with Gasteiger partial charge in [0.05, 0.1) is 105 Å². The summed E-state index contributed by atoms with van der Waals surface area (Å²) in [6.07, 6.45) is 5.18. The SMILES string of the molecule is COC(=O)[C@H](Cc1ccc(-c2ncc(C)c(C)n2)c2c1COC2)NC(=O)c1c(F)cc(N2CCOC[C@@H]2C)cc1F.COC(=O)[C@H](Cc1ccc(B2OC(C)(C)C(C)(C)O2)c2c1COC2)NC(=O)c1c(F)cc(N2CCOC[C@@H]2C)cc1F.Cc1cnc(-c2ccc(C[C@H](NC(=O)c3c(F)cc(N4CCOC[C@@H]4C)cc3F)C(=O)O)c3c2COC3)nc1C.Cc1cnc(Cl)nc1C.O.[Li+].[OH-]. The topological polar surface area (TPSA) is 400 Å². The Hall–Kier alpha value is -11.1. The molecule has 7 N–H and O–H groups in total. The molecular weight excluding hydrogens is 1780 g/mol. The van der Waals surface area contributed by atoms with Crippen molar-refractivity contribution in [1.82, 2.24) is 45.9 Å². The fourth-order valence-corrected chi connectivity index (χ4v) is 16.6. The Kier molecular flexibility index (Phi) is 35.9. The number of benzene rings is 6. The van der Waals surface area contributed by atoms with Crippen LogP contribution in [0.4, 0.5) is 43.4 Å². The molecule has 135 heavy (non-hydrogen) atoms. The normalized spacial score (nSPS) is 17.8. The van der Waals surface area contributed by atoms with E-state index in [-0.39, 0.29) is 73.8 Å². The molecule has 40 heteroatoms. The molecule has 31 nitrogen and oxygen atoms in total. The van der Waals surface area contributed by atoms with E-state index >= 15 is 26.3 Å². The summed E-state index contributed by atoms with van der Waals surface area (Å²) >= 11 is 5.49. The van der Waals surface area contributed by atoms with Gasteiger partial charge in [-0.2, -0.15) is 0 Å². The first kappa shape index (κ1) is 106. The largest absolute Gasteiger partial charge is 1.00 e. The number of aryl methyl sites for hydroxylation is 6. The minimum absolute atomic E-state index is 0. The number of aromatic nitrogens is 6. The van der Waals surface area contributed by atoms with Gasteiger partial charge < -0.3 is 93.9 Å². The molecule has 0 radical (unpaired) electrons. The van der Waals surface area contributed by atoms with Crippen LogP contribution in [0.2, 0.25) is 5.28 Å². The second kappa shape index (κ2) is 45.7. The van der Waals surface area contributed by atoms with Gasteiger partial charge in [0.15, 0.2) is 11.6 Å². The molecule has 10 heterocycles. The zero-order valence-electron chi connectivity index (χ0n) is 78.0. The van der Waals surface area contributed by atoms with Crippen LogP contribution in [0.25, 0.3) is 22.8 Å². The smallest absolute Gasteiger partial charge is 0.870 e. The summed E-state index contributed by atoms with van der Waals surface area (Å²) in [4.78, 5) is 108. The quantitative estimate of drug-likeness (QED) is 0.0227. The van der Waals surface area contributed by atoms with Crippen molar-refractivity contribution in [2.75, 3.05) is 88.2 Å². The van der Waals surface area contributed by atoms with E-state index < -0.39 is 124 Å². The van der Waals surface area contributed by atoms with Crippen LogP contribution in [0, 0.1) is 76.4 Å². The Balaban J connectivity index is 0.000000197. The zero-order chi connectivity index (χ0) is 95.1. The third-order valence-electron chi connectivity index (χ3n) is 25.1. The van der Waals surface area contributed by atoms with Crippen molar-refractivity contribution in [3.63, 3.8) is 0 Å². The number of methoxy groups -OCH3 is 2. The van der Waals surface area contributed by atoms with E-state index in [1.165, 1.54) is 14.2 Å². The Labute approximate surface area is 795 Å². The molecule has 16 rings (SSSR count). The standard InChI is InChI=1S/C30H37BF2N2O7.C30H32F2N4O5.C29H30F2N4O5.C6H7ClN2.Li.2H2O/c1-17-14-39-10-9-35(17)19-12-23(32)26(24(33)13-19)27(36)34-25(28(37)38-6)11-18-7-8-22(21-16-40-15-20(18)21)31-41-29(2,3)30(4,5)42-31;1-16-12-33-28(34-18(16)3)21-6-5-19(22-14-41-15-23(21)22)9-26(30(38)39-4)35-29(37)27-24(31)10-20(11-25(27)32)36-7-8-40-13-17(36)2;1-15-11-32-27(33-17(15)3)20-5-4-18(21-13-40-14-22(20)21)8-25(29(37)38)34-28(36)26-23(30)9-19(10-24(26)31)35-6-7-39-12-16(35)2;1-4-3-8-6(7)9-5(4)2;;;/h7-8,12-13,17,25H,9-11,14-16H2,1-6H3,(H,34,36);5-6,10-12,17,26H,7-9,13-15H2,1-4H3,(H,35,37);4-5,9-11,16,25H,6-8,12-14H2,1-3H3,(H,34,36)(H,37,38);3H,1-2H3;;2*1H2/q;;;;+1;;/p-1/t17-,25-;17-,26-;16-,25-;;;;/m000..../s1. The van der Waals surface area contributed by atoms with Gasteiger partial charge in [0.1, 0.15) is 69.7 Å². The number of nitrogens with zero attached hydrogens (tertiary/aromatic N) is 9. The van der Waals surface area contributed by atoms with Crippen molar-refractivity contribution in [2.45, 2.75) is 196 Å². The van der Waals surface area contributed by atoms with E-state index in [0.717, 1.165) is 131 Å². The van der Waals surface area contributed by atoms with Crippen molar-refractivity contribution in [3.8, 4) is 22.8 Å². The van der Waals surface area contributed by atoms with Crippen LogP contribution in [0.1, 0.15) is 163 Å². The van der Waals surface area contributed by atoms with Crippen LogP contribution in [0.15, 0.2) is 91.4 Å². The van der Waals surface area contributed by atoms with Gasteiger partial charge in [-0.25, -0.2) is 70.6 Å². The first-order valence-corrected chi connectivity index (χ1v) is 43.6. The molecule has 4 saturated heterocycles. The summed E-state index contributed by atoms with van der Waals surface area (Å²) in [5.41, 5.74) is 12.9. The van der Waals surface area contributed by atoms with E-state index in [2.05, 4.69) is 45.9 Å². The van der Waals surface area contributed by atoms with E-state index in [4.69, 9.17) is 58.8 Å². The maximum atomic E-state index is 15.2. The zero-order valence-corrected chi connectivity index (χ0v) is 78.8. The van der Waals surface area contributed by atoms with E-state index in [1.54, 1.807) is 35.6 Å². The molecule has 6 aromatic carbocycles. The third kappa shape index (κ3) is 24.1.